The van der Waals surface area contributed by atoms with Crippen LogP contribution in [0.25, 0.3) is 0 Å². The minimum atomic E-state index is -0.377. The molecule has 1 atom stereocenters. The van der Waals surface area contributed by atoms with E-state index in [0.29, 0.717) is 19.6 Å². The zero-order valence-electron chi connectivity index (χ0n) is 15.9. The Hall–Kier alpha value is -1.10. The van der Waals surface area contributed by atoms with Crippen LogP contribution in [0.5, 0.6) is 0 Å². The highest BCUT2D eigenvalue weighted by atomic mass is 16.5. The normalized spacial score (nSPS) is 12.0. The van der Waals surface area contributed by atoms with Gasteiger partial charge in [-0.25, -0.2) is 0 Å². The summed E-state index contributed by atoms with van der Waals surface area (Å²) in [5.41, 5.74) is 3.82. The highest BCUT2D eigenvalue weighted by Gasteiger charge is 2.18. The molecule has 0 aromatic carbocycles. The molecule has 142 valence electrons. The van der Waals surface area contributed by atoms with Crippen LogP contribution in [-0.4, -0.2) is 31.1 Å². The Morgan fingerprint density at radius 3 is 2.00 bits per heavy atom. The Balaban J connectivity index is 3.40. The van der Waals surface area contributed by atoms with Gasteiger partial charge < -0.3 is 15.8 Å². The number of quaternary nitrogens is 1. The molecule has 5 heteroatoms. The van der Waals surface area contributed by atoms with Crippen LogP contribution in [0.1, 0.15) is 90.9 Å². The van der Waals surface area contributed by atoms with E-state index >= 15 is 0 Å². The highest BCUT2D eigenvalue weighted by molar-refractivity contribution is 5.80. The Labute approximate surface area is 148 Å². The van der Waals surface area contributed by atoms with Gasteiger partial charge in [0.2, 0.25) is 0 Å². The molecule has 0 rings (SSSR count). The van der Waals surface area contributed by atoms with Crippen molar-refractivity contribution in [2.45, 2.75) is 96.9 Å². The van der Waals surface area contributed by atoms with Crippen LogP contribution >= 0.6 is 0 Å². The molecule has 1 amide bonds. The van der Waals surface area contributed by atoms with Crippen LogP contribution in [-0.2, 0) is 14.3 Å². The lowest BCUT2D eigenvalue weighted by Crippen LogP contribution is -2.67. The maximum atomic E-state index is 11.8. The largest absolute Gasteiger partial charge is 0.466 e. The molecule has 0 aromatic rings. The van der Waals surface area contributed by atoms with Gasteiger partial charge in [-0.2, -0.15) is 0 Å². The average Bonchev–Trinajstić information content (AvgIpc) is 2.57. The van der Waals surface area contributed by atoms with Crippen molar-refractivity contribution < 1.29 is 20.1 Å². The van der Waals surface area contributed by atoms with Gasteiger partial charge in [0.15, 0.2) is 6.04 Å². The number of unbranched alkanes of at least 4 members (excludes halogenated alkanes) is 9. The molecule has 0 radical (unpaired) electrons. The first-order valence-corrected chi connectivity index (χ1v) is 9.88. The fourth-order valence-corrected chi connectivity index (χ4v) is 2.62. The zero-order chi connectivity index (χ0) is 18.0. The van der Waals surface area contributed by atoms with E-state index in [9.17, 15) is 9.59 Å². The molecule has 0 aliphatic rings. The number of hydrogen-bond donors (Lipinski definition) is 2. The molecule has 0 saturated carbocycles. The smallest absolute Gasteiger partial charge is 0.306 e. The molecule has 1 unspecified atom stereocenters. The van der Waals surface area contributed by atoms with Crippen molar-refractivity contribution in [2.24, 2.45) is 0 Å². The average molecular weight is 344 g/mol. The zero-order valence-corrected chi connectivity index (χ0v) is 15.9. The van der Waals surface area contributed by atoms with Crippen molar-refractivity contribution in [3.05, 3.63) is 0 Å². The van der Waals surface area contributed by atoms with Gasteiger partial charge in [0.05, 0.1) is 13.0 Å². The van der Waals surface area contributed by atoms with Crippen molar-refractivity contribution in [1.82, 2.24) is 5.32 Å². The maximum Gasteiger partial charge on any atom is 0.306 e. The van der Waals surface area contributed by atoms with E-state index in [-0.39, 0.29) is 24.3 Å². The molecule has 24 heavy (non-hydrogen) atoms. The molecule has 0 spiro atoms. The molecule has 5 nitrogen and oxygen atoms in total. The molecule has 0 bridgehead atoms. The molecule has 4 N–H and O–H groups in total. The fraction of sp³-hybridized carbons (Fsp3) is 0.895. The molecule has 0 aromatic heterocycles. The van der Waals surface area contributed by atoms with Crippen molar-refractivity contribution in [3.63, 3.8) is 0 Å². The SMILES string of the molecule is CCCCCCCCCCCCNC(=O)C([NH3+])CCC(=O)OCC. The minimum Gasteiger partial charge on any atom is -0.466 e. The van der Waals surface area contributed by atoms with Gasteiger partial charge in [-0.15, -0.1) is 0 Å². The molecular weight excluding hydrogens is 304 g/mol. The van der Waals surface area contributed by atoms with E-state index in [1.807, 2.05) is 0 Å². The standard InChI is InChI=1S/C19H38N2O3/c1-3-5-6-7-8-9-10-11-12-13-16-21-19(23)17(20)14-15-18(22)24-4-2/h17H,3-16,20H2,1-2H3,(H,21,23)/p+1. The molecule has 0 aliphatic heterocycles. The van der Waals surface area contributed by atoms with Crippen molar-refractivity contribution in [1.29, 1.82) is 0 Å². The summed E-state index contributed by atoms with van der Waals surface area (Å²) in [6.07, 6.45) is 13.6. The van der Waals surface area contributed by atoms with Crippen molar-refractivity contribution in [3.8, 4) is 0 Å². The predicted octanol–water partition coefficient (Wildman–Crippen LogP) is 2.98. The summed E-state index contributed by atoms with van der Waals surface area (Å²) in [5, 5.41) is 2.91. The monoisotopic (exact) mass is 343 g/mol. The second-order valence-corrected chi connectivity index (χ2v) is 6.51. The lowest BCUT2D eigenvalue weighted by atomic mass is 10.1. The topological polar surface area (TPSA) is 83.0 Å². The molecule has 0 fully saturated rings. The van der Waals surface area contributed by atoms with Crippen LogP contribution in [0.15, 0.2) is 0 Å². The Kier molecular flexibility index (Phi) is 16.0. The van der Waals surface area contributed by atoms with Gasteiger partial charge in [0, 0.05) is 13.0 Å². The van der Waals surface area contributed by atoms with E-state index in [1.54, 1.807) is 6.92 Å². The van der Waals surface area contributed by atoms with Crippen LogP contribution < -0.4 is 11.1 Å². The van der Waals surface area contributed by atoms with Crippen molar-refractivity contribution in [2.75, 3.05) is 13.2 Å². The first kappa shape index (κ1) is 22.9. The van der Waals surface area contributed by atoms with E-state index < -0.39 is 0 Å². The fourth-order valence-electron chi connectivity index (χ4n) is 2.62. The third-order valence-corrected chi connectivity index (χ3v) is 4.20. The third kappa shape index (κ3) is 14.5. The van der Waals surface area contributed by atoms with Gasteiger partial charge in [0.25, 0.3) is 5.91 Å². The first-order valence-electron chi connectivity index (χ1n) is 9.88. The summed E-state index contributed by atoms with van der Waals surface area (Å²) in [4.78, 5) is 23.1. The van der Waals surface area contributed by atoms with Gasteiger partial charge in [-0.1, -0.05) is 64.7 Å². The number of ether oxygens (including phenoxy) is 1. The summed E-state index contributed by atoms with van der Waals surface area (Å²) in [7, 11) is 0. The second-order valence-electron chi connectivity index (χ2n) is 6.51. The molecule has 0 saturated heterocycles. The Bertz CT molecular complexity index is 322. The lowest BCUT2D eigenvalue weighted by Gasteiger charge is -2.09. The number of nitrogens with one attached hydrogen (secondary N) is 1. The summed E-state index contributed by atoms with van der Waals surface area (Å²) < 4.78 is 4.85. The summed E-state index contributed by atoms with van der Waals surface area (Å²) in [6, 6.07) is -0.377. The number of carbonyl (C=O) groups excluding carboxylic acids is 2. The number of amides is 1. The Morgan fingerprint density at radius 1 is 0.917 bits per heavy atom. The van der Waals surface area contributed by atoms with Gasteiger partial charge in [0.1, 0.15) is 0 Å². The van der Waals surface area contributed by atoms with E-state index in [2.05, 4.69) is 18.0 Å². The number of esters is 1. The second kappa shape index (κ2) is 16.7. The van der Waals surface area contributed by atoms with Crippen molar-refractivity contribution >= 4 is 11.9 Å². The van der Waals surface area contributed by atoms with Gasteiger partial charge in [-0.05, 0) is 13.3 Å². The molecule has 0 heterocycles. The highest BCUT2D eigenvalue weighted by Crippen LogP contribution is 2.10. The Morgan fingerprint density at radius 2 is 1.46 bits per heavy atom. The summed E-state index contributed by atoms with van der Waals surface area (Å²) >= 11 is 0. The lowest BCUT2D eigenvalue weighted by molar-refractivity contribution is -0.405. The van der Waals surface area contributed by atoms with Gasteiger partial charge >= 0.3 is 5.97 Å². The van der Waals surface area contributed by atoms with Crippen LogP contribution in [0.4, 0.5) is 0 Å². The van der Waals surface area contributed by atoms with Crippen LogP contribution in [0.2, 0.25) is 0 Å². The molecular formula is C19H39N2O3+. The van der Waals surface area contributed by atoms with Crippen LogP contribution in [0.3, 0.4) is 0 Å². The van der Waals surface area contributed by atoms with Crippen LogP contribution in [0, 0.1) is 0 Å². The number of carbonyl (C=O) groups is 2. The maximum absolute atomic E-state index is 11.8. The quantitative estimate of drug-likeness (QED) is 0.334. The predicted molar refractivity (Wildman–Crippen MR) is 97.4 cm³/mol. The minimum absolute atomic E-state index is 0.0600. The summed E-state index contributed by atoms with van der Waals surface area (Å²) in [6.45, 7) is 5.11. The first-order chi connectivity index (χ1) is 11.6. The van der Waals surface area contributed by atoms with E-state index in [1.165, 1.54) is 57.8 Å². The molecule has 0 aliphatic carbocycles. The number of hydrogen-bond acceptors (Lipinski definition) is 3. The van der Waals surface area contributed by atoms with E-state index in [4.69, 9.17) is 4.74 Å². The number of rotatable bonds is 16. The van der Waals surface area contributed by atoms with E-state index in [0.717, 1.165) is 6.42 Å². The van der Waals surface area contributed by atoms with Gasteiger partial charge in [-0.3, -0.25) is 9.59 Å². The summed E-state index contributed by atoms with van der Waals surface area (Å²) in [5.74, 6) is -0.316. The third-order valence-electron chi connectivity index (χ3n) is 4.20.